The average molecular weight is 345 g/mol. The van der Waals surface area contributed by atoms with Crippen molar-refractivity contribution >= 4 is 23.8 Å². The second-order valence-electron chi connectivity index (χ2n) is 8.26. The second-order valence-corrected chi connectivity index (χ2v) is 10.1. The van der Waals surface area contributed by atoms with Crippen molar-refractivity contribution in [1.82, 2.24) is 10.2 Å². The highest BCUT2D eigenvalue weighted by atomic mass is 32.2. The summed E-state index contributed by atoms with van der Waals surface area (Å²) in [7, 11) is 0. The van der Waals surface area contributed by atoms with E-state index in [9.17, 15) is 9.59 Å². The van der Waals surface area contributed by atoms with Crippen molar-refractivity contribution < 1.29 is 14.3 Å². The molecule has 0 aliphatic carbocycles. The van der Waals surface area contributed by atoms with Crippen LogP contribution in [0.15, 0.2) is 0 Å². The summed E-state index contributed by atoms with van der Waals surface area (Å²) < 4.78 is 5.40. The van der Waals surface area contributed by atoms with Gasteiger partial charge in [0.1, 0.15) is 5.60 Å². The number of alkyl carbamates (subject to hydrolysis) is 1. The Hall–Kier alpha value is -0.910. The number of likely N-dealkylation sites (tertiary alicyclic amines) is 1. The van der Waals surface area contributed by atoms with Crippen LogP contribution in [-0.2, 0) is 9.53 Å². The summed E-state index contributed by atoms with van der Waals surface area (Å²) >= 11 is 1.67. The molecule has 0 bridgehead atoms. The predicted molar refractivity (Wildman–Crippen MR) is 95.7 cm³/mol. The highest BCUT2D eigenvalue weighted by Crippen LogP contribution is 2.25. The van der Waals surface area contributed by atoms with E-state index in [0.717, 1.165) is 6.42 Å². The number of rotatable bonds is 3. The molecule has 1 aliphatic rings. The van der Waals surface area contributed by atoms with Crippen LogP contribution >= 0.6 is 11.8 Å². The zero-order valence-electron chi connectivity index (χ0n) is 15.6. The molecular weight excluding hydrogens is 312 g/mol. The summed E-state index contributed by atoms with van der Waals surface area (Å²) in [5, 5.41) is 2.94. The minimum atomic E-state index is -0.492. The van der Waals surface area contributed by atoms with Gasteiger partial charge in [0.2, 0.25) is 5.91 Å². The Morgan fingerprint density at radius 1 is 1.22 bits per heavy atom. The molecule has 0 spiro atoms. The average Bonchev–Trinajstić information content (AvgIpc) is 2.35. The lowest BCUT2D eigenvalue weighted by Gasteiger charge is -2.37. The number of hydrogen-bond donors (Lipinski definition) is 1. The number of nitrogens with one attached hydrogen (secondary N) is 1. The summed E-state index contributed by atoms with van der Waals surface area (Å²) in [5.74, 6) is 0.924. The standard InChI is InChI=1S/C17H32N2O3S/c1-12-10-19(14(20)11-23-17(5,6)7)9-8-13(12)18-15(21)22-16(2,3)4/h12-13H,8-11H2,1-7H3,(H,18,21)/t12-,13+/m1/s1. The van der Waals surface area contributed by atoms with Crippen LogP contribution < -0.4 is 5.32 Å². The maximum atomic E-state index is 12.3. The van der Waals surface area contributed by atoms with Gasteiger partial charge in [0, 0.05) is 23.9 Å². The summed E-state index contributed by atoms with van der Waals surface area (Å²) in [6.45, 7) is 15.3. The molecule has 1 heterocycles. The van der Waals surface area contributed by atoms with Crippen LogP contribution in [0.25, 0.3) is 0 Å². The fraction of sp³-hybridized carbons (Fsp3) is 0.882. The van der Waals surface area contributed by atoms with Crippen LogP contribution in [0, 0.1) is 5.92 Å². The Morgan fingerprint density at radius 3 is 2.30 bits per heavy atom. The van der Waals surface area contributed by atoms with E-state index in [1.54, 1.807) is 11.8 Å². The van der Waals surface area contributed by atoms with Crippen molar-refractivity contribution in [2.45, 2.75) is 71.3 Å². The summed E-state index contributed by atoms with van der Waals surface area (Å²) in [5.41, 5.74) is -0.492. The Labute approximate surface area is 144 Å². The van der Waals surface area contributed by atoms with Gasteiger partial charge < -0.3 is 15.0 Å². The first-order valence-corrected chi connectivity index (χ1v) is 9.27. The number of carbonyl (C=O) groups is 2. The normalized spacial score (nSPS) is 22.7. The Kier molecular flexibility index (Phi) is 6.81. The van der Waals surface area contributed by atoms with Gasteiger partial charge >= 0.3 is 6.09 Å². The molecule has 0 aromatic rings. The van der Waals surface area contributed by atoms with Gasteiger partial charge in [-0.05, 0) is 33.1 Å². The van der Waals surface area contributed by atoms with Gasteiger partial charge in [-0.15, -0.1) is 11.8 Å². The summed E-state index contributed by atoms with van der Waals surface area (Å²) in [6.07, 6.45) is 0.393. The number of piperidine rings is 1. The minimum Gasteiger partial charge on any atom is -0.444 e. The lowest BCUT2D eigenvalue weighted by molar-refractivity contribution is -0.130. The van der Waals surface area contributed by atoms with Crippen molar-refractivity contribution in [3.05, 3.63) is 0 Å². The van der Waals surface area contributed by atoms with Crippen LogP contribution in [0.1, 0.15) is 54.9 Å². The van der Waals surface area contributed by atoms with Gasteiger partial charge in [0.05, 0.1) is 5.75 Å². The molecule has 0 radical (unpaired) electrons. The van der Waals surface area contributed by atoms with Crippen molar-refractivity contribution in [2.75, 3.05) is 18.8 Å². The number of nitrogens with zero attached hydrogens (tertiary/aromatic N) is 1. The van der Waals surface area contributed by atoms with E-state index in [2.05, 4.69) is 33.0 Å². The van der Waals surface area contributed by atoms with Gasteiger partial charge in [-0.2, -0.15) is 0 Å². The van der Waals surface area contributed by atoms with Crippen LogP contribution in [-0.4, -0.2) is 52.1 Å². The van der Waals surface area contributed by atoms with E-state index in [-0.39, 0.29) is 28.7 Å². The molecule has 134 valence electrons. The molecule has 0 aromatic carbocycles. The molecule has 1 rings (SSSR count). The Balaban J connectivity index is 2.44. The molecule has 1 saturated heterocycles. The number of carbonyl (C=O) groups excluding carboxylic acids is 2. The SMILES string of the molecule is C[C@@H]1CN(C(=O)CSC(C)(C)C)CC[C@@H]1NC(=O)OC(C)(C)C. The molecule has 0 aromatic heterocycles. The van der Waals surface area contributed by atoms with E-state index < -0.39 is 5.60 Å². The highest BCUT2D eigenvalue weighted by molar-refractivity contribution is 8.01. The molecule has 0 unspecified atom stereocenters. The highest BCUT2D eigenvalue weighted by Gasteiger charge is 2.31. The van der Waals surface area contributed by atoms with Crippen molar-refractivity contribution in [3.8, 4) is 0 Å². The van der Waals surface area contributed by atoms with Gasteiger partial charge in [-0.3, -0.25) is 4.79 Å². The van der Waals surface area contributed by atoms with E-state index in [4.69, 9.17) is 4.74 Å². The first-order valence-electron chi connectivity index (χ1n) is 8.28. The molecular formula is C17H32N2O3S. The lowest BCUT2D eigenvalue weighted by Crippen LogP contribution is -2.52. The van der Waals surface area contributed by atoms with E-state index in [0.29, 0.717) is 18.8 Å². The van der Waals surface area contributed by atoms with E-state index >= 15 is 0 Å². The third kappa shape index (κ3) is 7.95. The third-order valence-corrected chi connectivity index (χ3v) is 4.85. The van der Waals surface area contributed by atoms with Crippen molar-refractivity contribution in [3.63, 3.8) is 0 Å². The zero-order chi connectivity index (χ0) is 17.8. The maximum absolute atomic E-state index is 12.3. The van der Waals surface area contributed by atoms with E-state index in [1.165, 1.54) is 0 Å². The largest absolute Gasteiger partial charge is 0.444 e. The molecule has 1 N–H and O–H groups in total. The minimum absolute atomic E-state index is 0.0594. The first-order chi connectivity index (χ1) is 10.4. The summed E-state index contributed by atoms with van der Waals surface area (Å²) in [6, 6.07) is 0.0594. The van der Waals surface area contributed by atoms with Crippen molar-refractivity contribution in [1.29, 1.82) is 0 Å². The molecule has 0 saturated carbocycles. The van der Waals surface area contributed by atoms with Gasteiger partial charge in [-0.1, -0.05) is 27.7 Å². The third-order valence-electron chi connectivity index (χ3n) is 3.59. The lowest BCUT2D eigenvalue weighted by atomic mass is 9.94. The zero-order valence-corrected chi connectivity index (χ0v) is 16.4. The monoisotopic (exact) mass is 344 g/mol. The Morgan fingerprint density at radius 2 is 1.83 bits per heavy atom. The fourth-order valence-corrected chi connectivity index (χ4v) is 3.15. The second kappa shape index (κ2) is 7.77. The predicted octanol–water partition coefficient (Wildman–Crippen LogP) is 3.28. The number of amides is 2. The summed E-state index contributed by atoms with van der Waals surface area (Å²) in [4.78, 5) is 26.1. The molecule has 2 atom stereocenters. The van der Waals surface area contributed by atoms with Crippen LogP contribution in [0.3, 0.4) is 0 Å². The molecule has 5 nitrogen and oxygen atoms in total. The van der Waals surface area contributed by atoms with Gasteiger partial charge in [0.25, 0.3) is 0 Å². The van der Waals surface area contributed by atoms with Crippen molar-refractivity contribution in [2.24, 2.45) is 5.92 Å². The number of thioether (sulfide) groups is 1. The van der Waals surface area contributed by atoms with Crippen LogP contribution in [0.2, 0.25) is 0 Å². The maximum Gasteiger partial charge on any atom is 0.407 e. The van der Waals surface area contributed by atoms with Crippen LogP contribution in [0.5, 0.6) is 0 Å². The molecule has 6 heteroatoms. The topological polar surface area (TPSA) is 58.6 Å². The van der Waals surface area contributed by atoms with E-state index in [1.807, 2.05) is 25.7 Å². The Bertz CT molecular complexity index is 427. The fourth-order valence-electron chi connectivity index (χ4n) is 2.42. The van der Waals surface area contributed by atoms with Gasteiger partial charge in [0.15, 0.2) is 0 Å². The number of ether oxygens (including phenoxy) is 1. The first kappa shape index (κ1) is 20.1. The molecule has 1 fully saturated rings. The van der Waals surface area contributed by atoms with Crippen LogP contribution in [0.4, 0.5) is 4.79 Å². The molecule has 2 amide bonds. The number of hydrogen-bond acceptors (Lipinski definition) is 4. The molecule has 1 aliphatic heterocycles. The quantitative estimate of drug-likeness (QED) is 0.853. The van der Waals surface area contributed by atoms with Gasteiger partial charge in [-0.25, -0.2) is 4.79 Å². The molecule has 23 heavy (non-hydrogen) atoms. The smallest absolute Gasteiger partial charge is 0.407 e.